The summed E-state index contributed by atoms with van der Waals surface area (Å²) in [4.78, 5) is 37.2. The van der Waals surface area contributed by atoms with E-state index in [-0.39, 0.29) is 31.3 Å². The highest BCUT2D eigenvalue weighted by Gasteiger charge is 2.34. The molecule has 0 aliphatic heterocycles. The lowest BCUT2D eigenvalue weighted by Crippen LogP contribution is -2.31. The van der Waals surface area contributed by atoms with Gasteiger partial charge in [0.1, 0.15) is 19.0 Å². The molecule has 1 aliphatic rings. The first kappa shape index (κ1) is 20.8. The number of ketones is 1. The van der Waals surface area contributed by atoms with Gasteiger partial charge in [-0.2, -0.15) is 0 Å². The van der Waals surface area contributed by atoms with Crippen molar-refractivity contribution in [2.45, 2.75) is 45.3 Å². The molecule has 2 aromatic carbocycles. The average Bonchev–Trinajstić information content (AvgIpc) is 2.75. The van der Waals surface area contributed by atoms with Gasteiger partial charge in [0.2, 0.25) is 0 Å². The predicted molar refractivity (Wildman–Crippen MR) is 108 cm³/mol. The zero-order chi connectivity index (χ0) is 20.5. The molecule has 152 valence electrons. The molecule has 1 aliphatic carbocycles. The van der Waals surface area contributed by atoms with Crippen molar-refractivity contribution in [1.29, 1.82) is 0 Å². The number of carbonyl (C=O) groups excluding carboxylic acids is 3. The van der Waals surface area contributed by atoms with Crippen LogP contribution in [0.2, 0.25) is 0 Å². The van der Waals surface area contributed by atoms with Crippen LogP contribution in [-0.4, -0.2) is 17.7 Å². The van der Waals surface area contributed by atoms with Crippen molar-refractivity contribution in [3.05, 3.63) is 71.8 Å². The highest BCUT2D eigenvalue weighted by Crippen LogP contribution is 2.29. The first-order valence-corrected chi connectivity index (χ1v) is 10.0. The van der Waals surface area contributed by atoms with Crippen LogP contribution in [0.1, 0.15) is 43.2 Å². The van der Waals surface area contributed by atoms with Gasteiger partial charge in [-0.05, 0) is 36.3 Å². The van der Waals surface area contributed by atoms with Gasteiger partial charge < -0.3 is 9.47 Å². The van der Waals surface area contributed by atoms with Crippen LogP contribution in [-0.2, 0) is 37.1 Å². The van der Waals surface area contributed by atoms with Gasteiger partial charge in [0.15, 0.2) is 5.92 Å². The molecule has 1 unspecified atom stereocenters. The first-order chi connectivity index (χ1) is 14.1. The standard InChI is InChI=1S/C24H26O5/c25-21-13-7-12-20(14-21)15-22(23(26)28-16-18-8-3-1-4-9-18)24(27)29-17-19-10-5-2-6-11-19/h1-6,8-11,20,22H,7,12-17H2. The molecule has 1 saturated carbocycles. The minimum Gasteiger partial charge on any atom is -0.460 e. The Morgan fingerprint density at radius 2 is 1.38 bits per heavy atom. The molecule has 0 N–H and O–H groups in total. The molecule has 0 spiro atoms. The van der Waals surface area contributed by atoms with Gasteiger partial charge in [-0.3, -0.25) is 14.4 Å². The molecular formula is C24H26O5. The van der Waals surface area contributed by atoms with E-state index in [1.165, 1.54) is 0 Å². The Morgan fingerprint density at radius 1 is 0.862 bits per heavy atom. The van der Waals surface area contributed by atoms with Crippen molar-refractivity contribution >= 4 is 17.7 Å². The lowest BCUT2D eigenvalue weighted by Gasteiger charge is -2.24. The van der Waals surface area contributed by atoms with Crippen molar-refractivity contribution in [1.82, 2.24) is 0 Å². The molecule has 5 nitrogen and oxygen atoms in total. The maximum atomic E-state index is 12.7. The van der Waals surface area contributed by atoms with E-state index in [0.717, 1.165) is 24.0 Å². The number of hydrogen-bond donors (Lipinski definition) is 0. The normalized spacial score (nSPS) is 16.4. The fraction of sp³-hybridized carbons (Fsp3) is 0.375. The summed E-state index contributed by atoms with van der Waals surface area (Å²) in [5.74, 6) is -2.00. The Labute approximate surface area is 171 Å². The van der Waals surface area contributed by atoms with Crippen molar-refractivity contribution in [3.63, 3.8) is 0 Å². The molecule has 2 aromatic rings. The quantitative estimate of drug-likeness (QED) is 0.495. The summed E-state index contributed by atoms with van der Waals surface area (Å²) in [6.45, 7) is 0.206. The van der Waals surface area contributed by atoms with Crippen LogP contribution in [0, 0.1) is 11.8 Å². The summed E-state index contributed by atoms with van der Waals surface area (Å²) < 4.78 is 10.8. The average molecular weight is 394 g/mol. The van der Waals surface area contributed by atoms with Crippen LogP contribution in [0.15, 0.2) is 60.7 Å². The second kappa shape index (κ2) is 10.6. The molecule has 0 radical (unpaired) electrons. The topological polar surface area (TPSA) is 69.7 Å². The summed E-state index contributed by atoms with van der Waals surface area (Å²) in [6, 6.07) is 18.7. The summed E-state index contributed by atoms with van der Waals surface area (Å²) >= 11 is 0. The molecule has 0 heterocycles. The monoisotopic (exact) mass is 394 g/mol. The first-order valence-electron chi connectivity index (χ1n) is 10.0. The molecule has 0 bridgehead atoms. The number of hydrogen-bond acceptors (Lipinski definition) is 5. The minimum atomic E-state index is -1.02. The lowest BCUT2D eigenvalue weighted by molar-refractivity contribution is -0.165. The van der Waals surface area contributed by atoms with E-state index in [1.807, 2.05) is 60.7 Å². The van der Waals surface area contributed by atoms with E-state index >= 15 is 0 Å². The molecule has 0 amide bonds. The number of Topliss-reactive ketones (excluding diaryl/α,β-unsaturated/α-hetero) is 1. The second-order valence-corrected chi connectivity index (χ2v) is 7.48. The molecule has 3 rings (SSSR count). The molecule has 0 saturated heterocycles. The van der Waals surface area contributed by atoms with E-state index in [0.29, 0.717) is 12.8 Å². The second-order valence-electron chi connectivity index (χ2n) is 7.48. The van der Waals surface area contributed by atoms with Gasteiger partial charge >= 0.3 is 11.9 Å². The van der Waals surface area contributed by atoms with E-state index in [4.69, 9.17) is 9.47 Å². The highest BCUT2D eigenvalue weighted by molar-refractivity contribution is 5.95. The Kier molecular flexibility index (Phi) is 7.56. The van der Waals surface area contributed by atoms with Gasteiger partial charge in [0.25, 0.3) is 0 Å². The van der Waals surface area contributed by atoms with Crippen LogP contribution >= 0.6 is 0 Å². The molecule has 1 atom stereocenters. The van der Waals surface area contributed by atoms with E-state index in [9.17, 15) is 14.4 Å². The Bertz CT molecular complexity index is 760. The molecule has 5 heteroatoms. The predicted octanol–water partition coefficient (Wildman–Crippen LogP) is 4.24. The number of esters is 2. The number of ether oxygens (including phenoxy) is 2. The van der Waals surface area contributed by atoms with Crippen LogP contribution in [0.4, 0.5) is 0 Å². The number of benzene rings is 2. The molecular weight excluding hydrogens is 368 g/mol. The maximum absolute atomic E-state index is 12.7. The van der Waals surface area contributed by atoms with Gasteiger partial charge in [-0.1, -0.05) is 60.7 Å². The third-order valence-corrected chi connectivity index (χ3v) is 5.17. The number of carbonyl (C=O) groups is 3. The van der Waals surface area contributed by atoms with E-state index in [1.54, 1.807) is 0 Å². The Hall–Kier alpha value is -2.95. The Balaban J connectivity index is 1.63. The zero-order valence-corrected chi connectivity index (χ0v) is 16.4. The van der Waals surface area contributed by atoms with Gasteiger partial charge in [0, 0.05) is 12.8 Å². The fourth-order valence-electron chi connectivity index (χ4n) is 3.60. The van der Waals surface area contributed by atoms with Crippen LogP contribution in [0.5, 0.6) is 0 Å². The largest absolute Gasteiger partial charge is 0.460 e. The summed E-state index contributed by atoms with van der Waals surface area (Å²) in [6.07, 6.45) is 2.91. The SMILES string of the molecule is O=C1CCCC(CC(C(=O)OCc2ccccc2)C(=O)OCc2ccccc2)C1. The summed E-state index contributed by atoms with van der Waals surface area (Å²) in [7, 11) is 0. The number of rotatable bonds is 8. The van der Waals surface area contributed by atoms with Crippen molar-refractivity contribution in [3.8, 4) is 0 Å². The van der Waals surface area contributed by atoms with Gasteiger partial charge in [-0.25, -0.2) is 0 Å². The molecule has 0 aromatic heterocycles. The summed E-state index contributed by atoms with van der Waals surface area (Å²) in [5.41, 5.74) is 1.70. The lowest BCUT2D eigenvalue weighted by atomic mass is 9.82. The summed E-state index contributed by atoms with van der Waals surface area (Å²) in [5, 5.41) is 0. The van der Waals surface area contributed by atoms with Crippen molar-refractivity contribution < 1.29 is 23.9 Å². The van der Waals surface area contributed by atoms with Crippen LogP contribution < -0.4 is 0 Å². The third kappa shape index (κ3) is 6.56. The van der Waals surface area contributed by atoms with Crippen LogP contribution in [0.25, 0.3) is 0 Å². The molecule has 29 heavy (non-hydrogen) atoms. The van der Waals surface area contributed by atoms with Gasteiger partial charge in [-0.15, -0.1) is 0 Å². The minimum absolute atomic E-state index is 0.00907. The van der Waals surface area contributed by atoms with E-state index < -0.39 is 17.9 Å². The fourth-order valence-corrected chi connectivity index (χ4v) is 3.60. The van der Waals surface area contributed by atoms with Crippen molar-refractivity contribution in [2.24, 2.45) is 11.8 Å². The highest BCUT2D eigenvalue weighted by atomic mass is 16.6. The third-order valence-electron chi connectivity index (χ3n) is 5.17. The Morgan fingerprint density at radius 3 is 1.86 bits per heavy atom. The van der Waals surface area contributed by atoms with E-state index in [2.05, 4.69) is 0 Å². The molecule has 1 fully saturated rings. The smallest absolute Gasteiger partial charge is 0.320 e. The van der Waals surface area contributed by atoms with Gasteiger partial charge in [0.05, 0.1) is 0 Å². The zero-order valence-electron chi connectivity index (χ0n) is 16.4. The van der Waals surface area contributed by atoms with Crippen molar-refractivity contribution in [2.75, 3.05) is 0 Å². The maximum Gasteiger partial charge on any atom is 0.320 e. The van der Waals surface area contributed by atoms with Crippen LogP contribution in [0.3, 0.4) is 0 Å².